The summed E-state index contributed by atoms with van der Waals surface area (Å²) in [6, 6.07) is 0. The average molecular weight is 106 g/mol. The van der Waals surface area contributed by atoms with Gasteiger partial charge in [-0.15, -0.1) is 0 Å². The molecule has 2 heteroatoms. The summed E-state index contributed by atoms with van der Waals surface area (Å²) in [5.74, 6) is 0.924. The molecule has 0 aromatic carbocycles. The van der Waals surface area contributed by atoms with Gasteiger partial charge in [0.1, 0.15) is 0 Å². The fraction of sp³-hybridized carbons (Fsp3) is 1.00. The van der Waals surface area contributed by atoms with Crippen molar-refractivity contribution in [3.05, 3.63) is 0 Å². The quantitative estimate of drug-likeness (QED) is 0.416. The zero-order valence-electron chi connectivity index (χ0n) is 3.98. The van der Waals surface area contributed by atoms with Gasteiger partial charge < -0.3 is 4.74 Å². The maximum Gasteiger partial charge on any atom is 0.0470 e. The minimum absolute atomic E-state index is 0.837. The van der Waals surface area contributed by atoms with Gasteiger partial charge >= 0.3 is 0 Å². The van der Waals surface area contributed by atoms with Gasteiger partial charge in [-0.3, -0.25) is 0 Å². The van der Waals surface area contributed by atoms with Gasteiger partial charge in [0.25, 0.3) is 0 Å². The third kappa shape index (κ3) is 4.31. The van der Waals surface area contributed by atoms with Crippen molar-refractivity contribution in [3.8, 4) is 0 Å². The number of rotatable bonds is 3. The predicted octanol–water partition coefficient (Wildman–Crippen LogP) is 0.953. The highest BCUT2D eigenvalue weighted by Crippen LogP contribution is 1.81. The molecule has 0 saturated heterocycles. The monoisotopic (exact) mass is 106 g/mol. The maximum atomic E-state index is 4.73. The molecule has 0 amide bonds. The van der Waals surface area contributed by atoms with Crippen LogP contribution in [0.5, 0.6) is 0 Å². The van der Waals surface area contributed by atoms with Gasteiger partial charge in [0.05, 0.1) is 0 Å². The van der Waals surface area contributed by atoms with Crippen molar-refractivity contribution in [1.82, 2.24) is 0 Å². The van der Waals surface area contributed by atoms with Crippen LogP contribution >= 0.6 is 12.6 Å². The lowest BCUT2D eigenvalue weighted by Gasteiger charge is -1.89. The van der Waals surface area contributed by atoms with E-state index in [0.717, 1.165) is 18.8 Å². The van der Waals surface area contributed by atoms with Gasteiger partial charge in [-0.05, 0) is 12.2 Å². The van der Waals surface area contributed by atoms with E-state index in [0.29, 0.717) is 0 Å². The Bertz CT molecular complexity index is 19.5. The van der Waals surface area contributed by atoms with Crippen LogP contribution in [0.1, 0.15) is 6.42 Å². The summed E-state index contributed by atoms with van der Waals surface area (Å²) >= 11 is 3.97. The topological polar surface area (TPSA) is 9.23 Å². The van der Waals surface area contributed by atoms with E-state index in [-0.39, 0.29) is 0 Å². The van der Waals surface area contributed by atoms with Gasteiger partial charge in [-0.25, -0.2) is 0 Å². The minimum atomic E-state index is 0.837. The molecular formula is C4H10OS. The van der Waals surface area contributed by atoms with Crippen LogP contribution in [-0.4, -0.2) is 19.5 Å². The summed E-state index contributed by atoms with van der Waals surface area (Å²) in [7, 11) is 1.70. The molecule has 0 bridgehead atoms. The Hall–Kier alpha value is 0.310. The second-order valence-electron chi connectivity index (χ2n) is 1.07. The van der Waals surface area contributed by atoms with E-state index in [4.69, 9.17) is 4.74 Å². The summed E-state index contributed by atoms with van der Waals surface area (Å²) in [4.78, 5) is 0. The molecule has 0 N–H and O–H groups in total. The van der Waals surface area contributed by atoms with Gasteiger partial charge in [0.15, 0.2) is 0 Å². The van der Waals surface area contributed by atoms with Crippen LogP contribution in [0.25, 0.3) is 0 Å². The first-order valence-corrected chi connectivity index (χ1v) is 2.65. The highest BCUT2D eigenvalue weighted by Gasteiger charge is 1.75. The van der Waals surface area contributed by atoms with Crippen molar-refractivity contribution in [1.29, 1.82) is 0 Å². The average Bonchev–Trinajstić information content (AvgIpc) is 1.61. The Labute approximate surface area is 44.1 Å². The van der Waals surface area contributed by atoms with Crippen molar-refractivity contribution in [2.75, 3.05) is 19.5 Å². The minimum Gasteiger partial charge on any atom is -0.385 e. The zero-order chi connectivity index (χ0) is 4.83. The lowest BCUT2D eigenvalue weighted by atomic mass is 10.5. The van der Waals surface area contributed by atoms with Crippen molar-refractivity contribution >= 4 is 12.6 Å². The summed E-state index contributed by atoms with van der Waals surface area (Å²) in [5.41, 5.74) is 0. The number of methoxy groups -OCH3 is 1. The summed E-state index contributed by atoms with van der Waals surface area (Å²) in [6.45, 7) is 0.837. The summed E-state index contributed by atoms with van der Waals surface area (Å²) in [6.07, 6.45) is 1.06. The molecule has 0 aliphatic heterocycles. The molecule has 0 radical (unpaired) electrons. The largest absolute Gasteiger partial charge is 0.385 e. The first-order valence-electron chi connectivity index (χ1n) is 2.01. The van der Waals surface area contributed by atoms with E-state index >= 15 is 0 Å². The molecule has 0 aromatic heterocycles. The third-order valence-electron chi connectivity index (χ3n) is 0.507. The van der Waals surface area contributed by atoms with Crippen molar-refractivity contribution < 1.29 is 4.74 Å². The molecule has 0 aliphatic rings. The molecule has 0 rings (SSSR count). The lowest BCUT2D eigenvalue weighted by Crippen LogP contribution is -1.86. The molecule has 0 fully saturated rings. The van der Waals surface area contributed by atoms with Gasteiger partial charge in [0, 0.05) is 13.7 Å². The Morgan fingerprint density at radius 3 is 2.50 bits per heavy atom. The van der Waals surface area contributed by atoms with E-state index in [1.165, 1.54) is 0 Å². The van der Waals surface area contributed by atoms with Crippen LogP contribution in [0.4, 0.5) is 0 Å². The van der Waals surface area contributed by atoms with E-state index in [2.05, 4.69) is 12.6 Å². The van der Waals surface area contributed by atoms with Crippen LogP contribution < -0.4 is 0 Å². The fourth-order valence-corrected chi connectivity index (χ4v) is 0.338. The van der Waals surface area contributed by atoms with E-state index in [1.54, 1.807) is 7.11 Å². The Kier molecular flexibility index (Phi) is 5.58. The van der Waals surface area contributed by atoms with Crippen LogP contribution in [-0.2, 0) is 4.74 Å². The Balaban J connectivity index is 2.34. The number of thiol groups is 1. The fourth-order valence-electron chi connectivity index (χ4n) is 0.209. The highest BCUT2D eigenvalue weighted by molar-refractivity contribution is 7.80. The van der Waals surface area contributed by atoms with Crippen molar-refractivity contribution in [3.63, 3.8) is 0 Å². The SMILES string of the molecule is COCCCS. The third-order valence-corrected chi connectivity index (χ3v) is 0.823. The van der Waals surface area contributed by atoms with Crippen molar-refractivity contribution in [2.24, 2.45) is 0 Å². The van der Waals surface area contributed by atoms with Crippen molar-refractivity contribution in [2.45, 2.75) is 6.42 Å². The van der Waals surface area contributed by atoms with Crippen LogP contribution in [0, 0.1) is 0 Å². The number of hydrogen-bond acceptors (Lipinski definition) is 2. The van der Waals surface area contributed by atoms with Crippen LogP contribution in [0.3, 0.4) is 0 Å². The molecule has 0 unspecified atom stereocenters. The number of ether oxygens (including phenoxy) is 1. The molecular weight excluding hydrogens is 96.1 g/mol. The zero-order valence-corrected chi connectivity index (χ0v) is 4.87. The molecule has 0 heterocycles. The first-order chi connectivity index (χ1) is 2.91. The summed E-state index contributed by atoms with van der Waals surface area (Å²) in [5, 5.41) is 0. The highest BCUT2D eigenvalue weighted by atomic mass is 32.1. The van der Waals surface area contributed by atoms with E-state index in [9.17, 15) is 0 Å². The Morgan fingerprint density at radius 2 is 2.33 bits per heavy atom. The maximum absolute atomic E-state index is 4.73. The molecule has 0 aromatic rings. The summed E-state index contributed by atoms with van der Waals surface area (Å²) < 4.78 is 4.73. The van der Waals surface area contributed by atoms with Gasteiger partial charge in [-0.2, -0.15) is 12.6 Å². The normalized spacial score (nSPS) is 9.00. The Morgan fingerprint density at radius 1 is 1.67 bits per heavy atom. The van der Waals surface area contributed by atoms with E-state index in [1.807, 2.05) is 0 Å². The van der Waals surface area contributed by atoms with Crippen LogP contribution in [0.15, 0.2) is 0 Å². The predicted molar refractivity (Wildman–Crippen MR) is 30.3 cm³/mol. The molecule has 0 atom stereocenters. The lowest BCUT2D eigenvalue weighted by molar-refractivity contribution is 0.200. The number of hydrogen-bond donors (Lipinski definition) is 1. The molecule has 1 nitrogen and oxygen atoms in total. The first kappa shape index (κ1) is 6.31. The standard InChI is InChI=1S/C4H10OS/c1-5-3-2-4-6/h6H,2-4H2,1H3. The smallest absolute Gasteiger partial charge is 0.0470 e. The van der Waals surface area contributed by atoms with Gasteiger partial charge in [0.2, 0.25) is 0 Å². The molecule has 6 heavy (non-hydrogen) atoms. The molecule has 0 spiro atoms. The second-order valence-corrected chi connectivity index (χ2v) is 1.52. The molecule has 38 valence electrons. The second kappa shape index (κ2) is 5.31. The van der Waals surface area contributed by atoms with Gasteiger partial charge in [-0.1, -0.05) is 0 Å². The van der Waals surface area contributed by atoms with Crippen LogP contribution in [0.2, 0.25) is 0 Å². The molecule has 0 saturated carbocycles. The van der Waals surface area contributed by atoms with E-state index < -0.39 is 0 Å². The molecule has 0 aliphatic carbocycles.